The monoisotopic (exact) mass is 527 g/mol. The number of anilines is 1. The molecule has 0 spiro atoms. The van der Waals surface area contributed by atoms with E-state index < -0.39 is 6.04 Å². The summed E-state index contributed by atoms with van der Waals surface area (Å²) in [7, 11) is 3.28. The molecule has 39 heavy (non-hydrogen) atoms. The number of hydrogen-bond acceptors (Lipinski definition) is 4. The number of para-hydroxylation sites is 2. The lowest BCUT2D eigenvalue weighted by molar-refractivity contribution is -0.136. The van der Waals surface area contributed by atoms with E-state index in [0.717, 1.165) is 41.9 Å². The number of fused-ring (bicyclic) bond motifs is 3. The predicted molar refractivity (Wildman–Crippen MR) is 151 cm³/mol. The Morgan fingerprint density at radius 2 is 1.69 bits per heavy atom. The molecule has 0 bridgehead atoms. The predicted octanol–water partition coefficient (Wildman–Crippen LogP) is 5.89. The number of nitrogens with zero attached hydrogens (tertiary/aromatic N) is 3. The standard InChI is InChI=1S/C32H37N3O4/c1-38-24-16-17-29(39-2)25(20-24)32-28-12-7-19-33(28)26-10-5-6-11-27(26)35(32)31(37)21-34(23-14-15-23)30(36)18-13-22-8-3-4-9-22/h5-7,10-12,16-17,19-20,22-23,32H,3-4,8-9,13-15,18,21H2,1-2H3. The van der Waals surface area contributed by atoms with E-state index in [2.05, 4.69) is 4.57 Å². The van der Waals surface area contributed by atoms with Crippen LogP contribution in [0.3, 0.4) is 0 Å². The van der Waals surface area contributed by atoms with E-state index in [1.165, 1.54) is 25.7 Å². The molecule has 6 rings (SSSR count). The van der Waals surface area contributed by atoms with Gasteiger partial charge in [0.15, 0.2) is 0 Å². The van der Waals surface area contributed by atoms with Crippen LogP contribution in [0.2, 0.25) is 0 Å². The Morgan fingerprint density at radius 3 is 2.41 bits per heavy atom. The summed E-state index contributed by atoms with van der Waals surface area (Å²) in [6.07, 6.45) is 10.4. The molecule has 204 valence electrons. The molecule has 1 atom stereocenters. The Labute approximate surface area is 230 Å². The molecule has 1 unspecified atom stereocenters. The van der Waals surface area contributed by atoms with Crippen LogP contribution in [0.15, 0.2) is 60.8 Å². The molecule has 0 N–H and O–H groups in total. The second-order valence-corrected chi connectivity index (χ2v) is 11.0. The molecule has 3 aliphatic rings. The summed E-state index contributed by atoms with van der Waals surface area (Å²) < 4.78 is 13.5. The fourth-order valence-electron chi connectivity index (χ4n) is 6.41. The number of carbonyl (C=O) groups is 2. The van der Waals surface area contributed by atoms with Gasteiger partial charge >= 0.3 is 0 Å². The summed E-state index contributed by atoms with van der Waals surface area (Å²) in [5.74, 6) is 2.04. The van der Waals surface area contributed by atoms with Crippen LogP contribution < -0.4 is 14.4 Å². The molecule has 1 aromatic heterocycles. The van der Waals surface area contributed by atoms with E-state index in [1.807, 2.05) is 70.6 Å². The zero-order chi connectivity index (χ0) is 26.9. The summed E-state index contributed by atoms with van der Waals surface area (Å²) in [6, 6.07) is 17.4. The number of aromatic nitrogens is 1. The van der Waals surface area contributed by atoms with E-state index in [0.29, 0.717) is 23.8 Å². The minimum absolute atomic E-state index is 0.0754. The number of benzene rings is 2. The van der Waals surface area contributed by atoms with Crippen molar-refractivity contribution in [1.82, 2.24) is 9.47 Å². The quantitative estimate of drug-likeness (QED) is 0.348. The lowest BCUT2D eigenvalue weighted by atomic mass is 9.96. The van der Waals surface area contributed by atoms with Crippen molar-refractivity contribution in [3.63, 3.8) is 0 Å². The van der Waals surface area contributed by atoms with E-state index in [-0.39, 0.29) is 24.4 Å². The van der Waals surface area contributed by atoms with Crippen LogP contribution in [-0.2, 0) is 9.59 Å². The molecule has 7 heteroatoms. The lowest BCUT2D eigenvalue weighted by Crippen LogP contribution is -2.47. The van der Waals surface area contributed by atoms with Crippen molar-refractivity contribution < 1.29 is 19.1 Å². The van der Waals surface area contributed by atoms with Crippen molar-refractivity contribution in [1.29, 1.82) is 0 Å². The first-order valence-corrected chi connectivity index (χ1v) is 14.2. The van der Waals surface area contributed by atoms with Crippen LogP contribution in [0.1, 0.15) is 68.7 Å². The number of carbonyl (C=O) groups excluding carboxylic acids is 2. The van der Waals surface area contributed by atoms with Crippen LogP contribution in [0.5, 0.6) is 11.5 Å². The molecule has 2 aliphatic carbocycles. The Balaban J connectivity index is 1.37. The van der Waals surface area contributed by atoms with Gasteiger partial charge in [-0.05, 0) is 67.6 Å². The first-order chi connectivity index (χ1) is 19.1. The highest BCUT2D eigenvalue weighted by Gasteiger charge is 2.41. The van der Waals surface area contributed by atoms with E-state index in [1.54, 1.807) is 14.2 Å². The first-order valence-electron chi connectivity index (χ1n) is 14.2. The third-order valence-corrected chi connectivity index (χ3v) is 8.57. The Kier molecular flexibility index (Phi) is 7.07. The number of methoxy groups -OCH3 is 2. The van der Waals surface area contributed by atoms with Gasteiger partial charge in [-0.3, -0.25) is 14.5 Å². The molecular weight excluding hydrogens is 490 g/mol. The smallest absolute Gasteiger partial charge is 0.247 e. The number of ether oxygens (including phenoxy) is 2. The van der Waals surface area contributed by atoms with Gasteiger partial charge in [0.05, 0.1) is 31.3 Å². The van der Waals surface area contributed by atoms with Crippen molar-refractivity contribution >= 4 is 17.5 Å². The maximum absolute atomic E-state index is 14.4. The van der Waals surface area contributed by atoms with Crippen LogP contribution in [0.25, 0.3) is 5.69 Å². The number of hydrogen-bond donors (Lipinski definition) is 0. The van der Waals surface area contributed by atoms with E-state index in [9.17, 15) is 9.59 Å². The molecule has 7 nitrogen and oxygen atoms in total. The van der Waals surface area contributed by atoms with Gasteiger partial charge in [0.2, 0.25) is 11.8 Å². The molecule has 1 aliphatic heterocycles. The largest absolute Gasteiger partial charge is 0.497 e. The summed E-state index contributed by atoms with van der Waals surface area (Å²) in [5, 5.41) is 0. The SMILES string of the molecule is COc1ccc(OC)c(C2c3cccn3-c3ccccc3N2C(=O)CN(C(=O)CCC2CCCC2)C2CC2)c1. The van der Waals surface area contributed by atoms with Crippen molar-refractivity contribution in [2.45, 2.75) is 63.5 Å². The topological polar surface area (TPSA) is 64.0 Å². The van der Waals surface area contributed by atoms with Gasteiger partial charge in [0.1, 0.15) is 24.1 Å². The average Bonchev–Trinajstić information content (AvgIpc) is 3.44. The highest BCUT2D eigenvalue weighted by atomic mass is 16.5. The van der Waals surface area contributed by atoms with Crippen molar-refractivity contribution in [2.24, 2.45) is 5.92 Å². The lowest BCUT2D eigenvalue weighted by Gasteiger charge is -2.40. The van der Waals surface area contributed by atoms with Crippen molar-refractivity contribution in [3.8, 4) is 17.2 Å². The molecule has 0 radical (unpaired) electrons. The molecule has 2 aromatic carbocycles. The van der Waals surface area contributed by atoms with Gasteiger partial charge in [0.25, 0.3) is 0 Å². The minimum atomic E-state index is -0.443. The molecule has 2 amide bonds. The third-order valence-electron chi connectivity index (χ3n) is 8.57. The summed E-state index contributed by atoms with van der Waals surface area (Å²) in [4.78, 5) is 31.6. The molecule has 2 fully saturated rings. The van der Waals surface area contributed by atoms with Gasteiger partial charge < -0.3 is 18.9 Å². The van der Waals surface area contributed by atoms with Gasteiger partial charge in [0, 0.05) is 24.2 Å². The highest BCUT2D eigenvalue weighted by molar-refractivity contribution is 6.00. The molecule has 2 saturated carbocycles. The normalized spacial score (nSPS) is 18.4. The highest BCUT2D eigenvalue weighted by Crippen LogP contribution is 2.45. The minimum Gasteiger partial charge on any atom is -0.497 e. The van der Waals surface area contributed by atoms with Gasteiger partial charge in [-0.15, -0.1) is 0 Å². The summed E-state index contributed by atoms with van der Waals surface area (Å²) in [5.41, 5.74) is 3.55. The van der Waals surface area contributed by atoms with Gasteiger partial charge in [-0.25, -0.2) is 0 Å². The average molecular weight is 528 g/mol. The molecular formula is C32H37N3O4. The number of amides is 2. The zero-order valence-corrected chi connectivity index (χ0v) is 22.8. The second kappa shape index (κ2) is 10.8. The van der Waals surface area contributed by atoms with Crippen LogP contribution >= 0.6 is 0 Å². The fourth-order valence-corrected chi connectivity index (χ4v) is 6.41. The van der Waals surface area contributed by atoms with Gasteiger partial charge in [-0.1, -0.05) is 37.8 Å². The van der Waals surface area contributed by atoms with E-state index in [4.69, 9.17) is 9.47 Å². The van der Waals surface area contributed by atoms with Crippen LogP contribution in [0.4, 0.5) is 5.69 Å². The molecule has 2 heterocycles. The number of rotatable bonds is 9. The summed E-state index contributed by atoms with van der Waals surface area (Å²) in [6.45, 7) is 0.0754. The molecule has 0 saturated heterocycles. The van der Waals surface area contributed by atoms with Crippen molar-refractivity contribution in [2.75, 3.05) is 25.7 Å². The maximum atomic E-state index is 14.4. The van der Waals surface area contributed by atoms with Crippen molar-refractivity contribution in [3.05, 3.63) is 72.1 Å². The second-order valence-electron chi connectivity index (χ2n) is 11.0. The first kappa shape index (κ1) is 25.5. The maximum Gasteiger partial charge on any atom is 0.247 e. The van der Waals surface area contributed by atoms with Crippen LogP contribution in [0, 0.1) is 5.92 Å². The zero-order valence-electron chi connectivity index (χ0n) is 22.8. The van der Waals surface area contributed by atoms with Gasteiger partial charge in [-0.2, -0.15) is 0 Å². The van der Waals surface area contributed by atoms with Crippen LogP contribution in [-0.4, -0.2) is 48.1 Å². The Morgan fingerprint density at radius 1 is 0.923 bits per heavy atom. The fraction of sp³-hybridized carbons (Fsp3) is 0.438. The molecule has 3 aromatic rings. The third kappa shape index (κ3) is 4.90. The summed E-state index contributed by atoms with van der Waals surface area (Å²) >= 11 is 0. The Hall–Kier alpha value is -3.74. The Bertz CT molecular complexity index is 1350. The van der Waals surface area contributed by atoms with E-state index >= 15 is 0 Å².